The van der Waals surface area contributed by atoms with Gasteiger partial charge in [0.05, 0.1) is 35.2 Å². The summed E-state index contributed by atoms with van der Waals surface area (Å²) in [7, 11) is 0. The third-order valence-electron chi connectivity index (χ3n) is 9.18. The van der Waals surface area contributed by atoms with Crippen LogP contribution < -0.4 is 9.64 Å². The van der Waals surface area contributed by atoms with Gasteiger partial charge in [-0.1, -0.05) is 43.3 Å². The number of aromatic nitrogens is 3. The highest BCUT2D eigenvalue weighted by Crippen LogP contribution is 2.39. The normalized spacial score (nSPS) is 15.9. The van der Waals surface area contributed by atoms with Crippen LogP contribution in [0.15, 0.2) is 73.8 Å². The SMILES string of the molecule is C=CCOC1(C)CCN(c2c(C(OC(C)(C)C)C(=O)O)c(C)nc3cc(-c4cccc(-c5cc(CC)ccc5OC(C)CC=C)c4)nn23)CC1. The number of hydrogen-bond donors (Lipinski definition) is 1. The molecular formula is C41H52N4O5. The summed E-state index contributed by atoms with van der Waals surface area (Å²) in [6.07, 6.45) is 5.55. The summed E-state index contributed by atoms with van der Waals surface area (Å²) in [5, 5.41) is 15.6. The average Bonchev–Trinajstić information content (AvgIpc) is 3.50. The van der Waals surface area contributed by atoms with Crippen LogP contribution in [-0.4, -0.2) is 62.7 Å². The van der Waals surface area contributed by atoms with E-state index in [1.165, 1.54) is 5.56 Å². The molecule has 5 rings (SSSR count). The Morgan fingerprint density at radius 3 is 2.44 bits per heavy atom. The Kier molecular flexibility index (Phi) is 11.2. The molecule has 50 heavy (non-hydrogen) atoms. The van der Waals surface area contributed by atoms with Gasteiger partial charge in [-0.25, -0.2) is 9.78 Å². The van der Waals surface area contributed by atoms with Gasteiger partial charge in [-0.2, -0.15) is 9.61 Å². The van der Waals surface area contributed by atoms with Gasteiger partial charge < -0.3 is 24.2 Å². The quantitative estimate of drug-likeness (QED) is 0.132. The maximum atomic E-state index is 12.9. The number of rotatable bonds is 14. The number of ether oxygens (including phenoxy) is 3. The van der Waals surface area contributed by atoms with Crippen molar-refractivity contribution in [2.75, 3.05) is 24.6 Å². The zero-order valence-electron chi connectivity index (χ0n) is 30.7. The maximum Gasteiger partial charge on any atom is 0.337 e. The largest absolute Gasteiger partial charge is 0.490 e. The molecule has 2 unspecified atom stereocenters. The summed E-state index contributed by atoms with van der Waals surface area (Å²) >= 11 is 0. The molecule has 1 fully saturated rings. The highest BCUT2D eigenvalue weighted by Gasteiger charge is 2.37. The first kappa shape index (κ1) is 36.8. The number of hydrogen-bond acceptors (Lipinski definition) is 7. The van der Waals surface area contributed by atoms with E-state index in [1.54, 1.807) is 10.6 Å². The average molecular weight is 681 g/mol. The molecule has 0 bridgehead atoms. The van der Waals surface area contributed by atoms with Gasteiger partial charge in [0, 0.05) is 42.4 Å². The van der Waals surface area contributed by atoms with Crippen molar-refractivity contribution in [3.05, 3.63) is 90.7 Å². The minimum absolute atomic E-state index is 0.0135. The summed E-state index contributed by atoms with van der Waals surface area (Å²) in [5.74, 6) is 0.428. The second kappa shape index (κ2) is 15.2. The molecule has 0 radical (unpaired) electrons. The number of piperidine rings is 1. The van der Waals surface area contributed by atoms with Gasteiger partial charge in [0.2, 0.25) is 0 Å². The van der Waals surface area contributed by atoms with Gasteiger partial charge in [-0.3, -0.25) is 0 Å². The molecule has 3 heterocycles. The molecule has 2 atom stereocenters. The molecular weight excluding hydrogens is 628 g/mol. The Balaban J connectivity index is 1.63. The minimum Gasteiger partial charge on any atom is -0.490 e. The summed E-state index contributed by atoms with van der Waals surface area (Å²) in [6, 6.07) is 16.6. The molecule has 1 N–H and O–H groups in total. The number of anilines is 1. The first-order chi connectivity index (χ1) is 23.8. The molecule has 1 aliphatic rings. The number of carboxylic acids is 1. The second-order valence-corrected chi connectivity index (χ2v) is 14.4. The highest BCUT2D eigenvalue weighted by molar-refractivity contribution is 5.80. The van der Waals surface area contributed by atoms with Crippen molar-refractivity contribution in [1.82, 2.24) is 14.6 Å². The number of fused-ring (bicyclic) bond motifs is 1. The third kappa shape index (κ3) is 8.28. The molecule has 2 aromatic heterocycles. The summed E-state index contributed by atoms with van der Waals surface area (Å²) in [4.78, 5) is 20.0. The van der Waals surface area contributed by atoms with Crippen molar-refractivity contribution in [3.63, 3.8) is 0 Å². The predicted octanol–water partition coefficient (Wildman–Crippen LogP) is 8.78. The van der Waals surface area contributed by atoms with Gasteiger partial charge >= 0.3 is 5.97 Å². The number of benzene rings is 2. The van der Waals surface area contributed by atoms with Crippen molar-refractivity contribution in [3.8, 4) is 28.1 Å². The van der Waals surface area contributed by atoms with Crippen molar-refractivity contribution in [1.29, 1.82) is 0 Å². The van der Waals surface area contributed by atoms with Crippen LogP contribution >= 0.6 is 0 Å². The predicted molar refractivity (Wildman–Crippen MR) is 200 cm³/mol. The Labute approximate surface area is 296 Å². The van der Waals surface area contributed by atoms with E-state index in [0.29, 0.717) is 42.4 Å². The number of aliphatic carboxylic acids is 1. The third-order valence-corrected chi connectivity index (χ3v) is 9.18. The molecule has 0 spiro atoms. The fourth-order valence-corrected chi connectivity index (χ4v) is 6.52. The van der Waals surface area contributed by atoms with Crippen LogP contribution in [0.25, 0.3) is 28.0 Å². The van der Waals surface area contributed by atoms with Crippen molar-refractivity contribution >= 4 is 17.4 Å². The van der Waals surface area contributed by atoms with Crippen molar-refractivity contribution in [2.24, 2.45) is 0 Å². The Morgan fingerprint density at radius 1 is 1.08 bits per heavy atom. The first-order valence-electron chi connectivity index (χ1n) is 17.6. The maximum absolute atomic E-state index is 12.9. The number of carboxylic acid groups (broad SMARTS) is 1. The van der Waals surface area contributed by atoms with Crippen LogP contribution in [0.1, 0.15) is 83.7 Å². The van der Waals surface area contributed by atoms with Gasteiger partial charge in [0.15, 0.2) is 11.8 Å². The molecule has 0 saturated carbocycles. The fraction of sp³-hybridized carbons (Fsp3) is 0.439. The lowest BCUT2D eigenvalue weighted by Crippen LogP contribution is -2.45. The lowest BCUT2D eigenvalue weighted by atomic mass is 9.92. The molecule has 266 valence electrons. The smallest absolute Gasteiger partial charge is 0.337 e. The molecule has 1 aliphatic heterocycles. The molecule has 9 nitrogen and oxygen atoms in total. The number of aryl methyl sites for hydroxylation is 2. The van der Waals surface area contributed by atoms with Crippen molar-refractivity contribution < 1.29 is 24.1 Å². The van der Waals surface area contributed by atoms with E-state index in [-0.39, 0.29) is 11.7 Å². The topological polar surface area (TPSA) is 98.4 Å². The van der Waals surface area contributed by atoms with Crippen LogP contribution in [0.2, 0.25) is 0 Å². The van der Waals surface area contributed by atoms with Crippen LogP contribution in [-0.2, 0) is 20.7 Å². The van der Waals surface area contributed by atoms with E-state index in [2.05, 4.69) is 62.2 Å². The zero-order chi connectivity index (χ0) is 36.2. The lowest BCUT2D eigenvalue weighted by Gasteiger charge is -2.41. The molecule has 9 heteroatoms. The minimum atomic E-state index is -1.24. The van der Waals surface area contributed by atoms with E-state index in [1.807, 2.05) is 58.9 Å². The van der Waals surface area contributed by atoms with Crippen LogP contribution in [0.4, 0.5) is 5.82 Å². The summed E-state index contributed by atoms with van der Waals surface area (Å²) < 4.78 is 20.5. The van der Waals surface area contributed by atoms with Crippen LogP contribution in [0, 0.1) is 6.92 Å². The molecule has 1 saturated heterocycles. The molecule has 2 aromatic carbocycles. The van der Waals surface area contributed by atoms with Gasteiger partial charge in [0.25, 0.3) is 0 Å². The Bertz CT molecular complexity index is 1850. The number of carbonyl (C=O) groups is 1. The van der Waals surface area contributed by atoms with Crippen LogP contribution in [0.5, 0.6) is 5.75 Å². The fourth-order valence-electron chi connectivity index (χ4n) is 6.52. The van der Waals surface area contributed by atoms with Crippen LogP contribution in [0.3, 0.4) is 0 Å². The summed E-state index contributed by atoms with van der Waals surface area (Å²) in [5.41, 5.74) is 5.60. The molecule has 0 amide bonds. The Morgan fingerprint density at radius 2 is 1.80 bits per heavy atom. The standard InChI is InChI=1S/C41H52N4O5/c1-10-14-27(4)49-34-18-17-29(12-3)24-32(34)30-15-13-16-31(25-30)33-26-35-42-28(5)36(37(39(46)47)50-40(6,7)8)38(45(35)43-33)44-21-19-41(9,20-22-44)48-23-11-2/h10-11,13,15-18,24-27,37H,1-2,12,14,19-23H2,3-9H3,(H,46,47). The van der Waals surface area contributed by atoms with E-state index in [0.717, 1.165) is 53.8 Å². The monoisotopic (exact) mass is 680 g/mol. The van der Waals surface area contributed by atoms with E-state index < -0.39 is 17.7 Å². The Hall–Kier alpha value is -4.47. The van der Waals surface area contributed by atoms with Gasteiger partial charge in [-0.15, -0.1) is 13.2 Å². The van der Waals surface area contributed by atoms with Gasteiger partial charge in [-0.05, 0) is 90.1 Å². The number of nitrogens with zero attached hydrogens (tertiary/aromatic N) is 4. The van der Waals surface area contributed by atoms with E-state index in [9.17, 15) is 9.90 Å². The van der Waals surface area contributed by atoms with Gasteiger partial charge in [0.1, 0.15) is 11.6 Å². The first-order valence-corrected chi connectivity index (χ1v) is 17.6. The zero-order valence-corrected chi connectivity index (χ0v) is 30.7. The summed E-state index contributed by atoms with van der Waals surface area (Å²) in [6.45, 7) is 23.2. The van der Waals surface area contributed by atoms with E-state index >= 15 is 0 Å². The van der Waals surface area contributed by atoms with Crippen molar-refractivity contribution in [2.45, 2.75) is 97.6 Å². The van der Waals surface area contributed by atoms with E-state index in [4.69, 9.17) is 24.3 Å². The lowest BCUT2D eigenvalue weighted by molar-refractivity contribution is -0.160. The second-order valence-electron chi connectivity index (χ2n) is 14.4. The highest BCUT2D eigenvalue weighted by atomic mass is 16.5. The molecule has 0 aliphatic carbocycles. The molecule has 4 aromatic rings.